The van der Waals surface area contributed by atoms with Crippen LogP contribution < -0.4 is 15.6 Å². The number of hydroxylamine groups is 2. The maximum atomic E-state index is 12.6. The Morgan fingerprint density at radius 1 is 1.05 bits per heavy atom. The minimum absolute atomic E-state index is 0.00901. The summed E-state index contributed by atoms with van der Waals surface area (Å²) in [7, 11) is -4.91. The summed E-state index contributed by atoms with van der Waals surface area (Å²) in [6, 6.07) is 3.38. The number of esters is 2. The summed E-state index contributed by atoms with van der Waals surface area (Å²) < 4.78 is 45.2. The van der Waals surface area contributed by atoms with Crippen LogP contribution in [-0.4, -0.2) is 76.9 Å². The van der Waals surface area contributed by atoms with Gasteiger partial charge in [0.15, 0.2) is 0 Å². The van der Waals surface area contributed by atoms with Crippen molar-refractivity contribution in [3.8, 4) is 5.75 Å². The minimum Gasteiger partial charge on any atom is -0.460 e. The highest BCUT2D eigenvalue weighted by molar-refractivity contribution is 7.80. The summed E-state index contributed by atoms with van der Waals surface area (Å²) in [6.45, 7) is 5.03. The van der Waals surface area contributed by atoms with Gasteiger partial charge < -0.3 is 14.4 Å². The Bertz CT molecular complexity index is 1210. The number of nitrogens with zero attached hydrogens (tertiary/aromatic N) is 2. The molecule has 0 saturated carbocycles. The Morgan fingerprint density at radius 3 is 2.32 bits per heavy atom. The molecule has 2 saturated heterocycles. The van der Waals surface area contributed by atoms with Gasteiger partial charge in [0.05, 0.1) is 12.5 Å². The third-order valence-electron chi connectivity index (χ3n) is 5.35. The Kier molecular flexibility index (Phi) is 8.58. The van der Waals surface area contributed by atoms with Crippen LogP contribution in [0.5, 0.6) is 5.75 Å². The molecule has 2 bridgehead atoms. The predicted octanol–water partition coefficient (Wildman–Crippen LogP) is 0.0167. The number of carbonyl (C=O) groups is 5. The number of rotatable bonds is 8. The van der Waals surface area contributed by atoms with Gasteiger partial charge in [-0.3, -0.25) is 34.6 Å². The second-order valence-electron chi connectivity index (χ2n) is 9.61. The van der Waals surface area contributed by atoms with Crippen LogP contribution in [0.3, 0.4) is 0 Å². The zero-order chi connectivity index (χ0) is 28.3. The van der Waals surface area contributed by atoms with Gasteiger partial charge in [0.2, 0.25) is 5.91 Å². The maximum absolute atomic E-state index is 12.6. The Labute approximate surface area is 218 Å². The van der Waals surface area contributed by atoms with Gasteiger partial charge in [-0.05, 0) is 51.3 Å². The van der Waals surface area contributed by atoms with Gasteiger partial charge in [-0.25, -0.2) is 4.79 Å². The highest BCUT2D eigenvalue weighted by atomic mass is 32.3. The molecule has 2 fully saturated rings. The quantitative estimate of drug-likeness (QED) is 0.128. The van der Waals surface area contributed by atoms with Crippen molar-refractivity contribution in [2.75, 3.05) is 6.54 Å². The standard InChI is InChI=1S/C22H28N4O11S/c1-22(2,3)36-19(29)11-18(28)35-15-7-4-13(5-8-15)10-17(27)23-24-20(30)16-9-6-14-12-25(16)21(31)26(14)37-38(32,33)34/h4-5,7-8,14,16H,6,9-12H2,1-3H3,(H,23,27)(H,24,30)(H,32,33,34)/t14-,16+/m1/s1. The molecule has 0 spiro atoms. The van der Waals surface area contributed by atoms with E-state index in [1.165, 1.54) is 24.3 Å². The average molecular weight is 557 g/mol. The fourth-order valence-corrected chi connectivity index (χ4v) is 4.28. The van der Waals surface area contributed by atoms with Gasteiger partial charge in [0.25, 0.3) is 5.91 Å². The van der Waals surface area contributed by atoms with Crippen molar-refractivity contribution in [2.45, 2.75) is 64.1 Å². The number of hydrogen-bond donors (Lipinski definition) is 3. The molecule has 2 aliphatic rings. The number of piperidine rings is 1. The second kappa shape index (κ2) is 11.3. The number of benzene rings is 1. The summed E-state index contributed by atoms with van der Waals surface area (Å²) in [5.74, 6) is -2.62. The second-order valence-corrected chi connectivity index (χ2v) is 10.6. The number of fused-ring (bicyclic) bond motifs is 2. The summed E-state index contributed by atoms with van der Waals surface area (Å²) in [5.41, 5.74) is 4.28. The molecule has 208 valence electrons. The minimum atomic E-state index is -4.91. The maximum Gasteiger partial charge on any atom is 0.418 e. The summed E-state index contributed by atoms with van der Waals surface area (Å²) in [4.78, 5) is 61.9. The zero-order valence-electron chi connectivity index (χ0n) is 20.8. The third kappa shape index (κ3) is 8.12. The fraction of sp³-hybridized carbons (Fsp3) is 0.500. The first-order valence-electron chi connectivity index (χ1n) is 11.5. The van der Waals surface area contributed by atoms with Crippen molar-refractivity contribution in [3.63, 3.8) is 0 Å². The highest BCUT2D eigenvalue weighted by Crippen LogP contribution is 2.30. The fourth-order valence-electron chi connectivity index (χ4n) is 3.89. The molecule has 38 heavy (non-hydrogen) atoms. The van der Waals surface area contributed by atoms with Crippen molar-refractivity contribution in [3.05, 3.63) is 29.8 Å². The molecular weight excluding hydrogens is 528 g/mol. The van der Waals surface area contributed by atoms with Crippen LogP contribution in [0.15, 0.2) is 24.3 Å². The Hall–Kier alpha value is -3.76. The van der Waals surface area contributed by atoms with Crippen LogP contribution in [0.25, 0.3) is 0 Å². The van der Waals surface area contributed by atoms with E-state index < -0.39 is 64.3 Å². The predicted molar refractivity (Wildman–Crippen MR) is 126 cm³/mol. The van der Waals surface area contributed by atoms with Crippen molar-refractivity contribution in [1.29, 1.82) is 0 Å². The first-order valence-corrected chi connectivity index (χ1v) is 12.8. The first kappa shape index (κ1) is 28.8. The van der Waals surface area contributed by atoms with E-state index in [0.29, 0.717) is 10.6 Å². The third-order valence-corrected chi connectivity index (χ3v) is 5.70. The van der Waals surface area contributed by atoms with Crippen LogP contribution in [0.1, 0.15) is 45.6 Å². The molecule has 2 atom stereocenters. The molecule has 3 N–H and O–H groups in total. The van der Waals surface area contributed by atoms with E-state index in [9.17, 15) is 32.4 Å². The summed E-state index contributed by atoms with van der Waals surface area (Å²) in [6.07, 6.45) is -0.286. The molecular formula is C22H28N4O11S. The van der Waals surface area contributed by atoms with E-state index in [4.69, 9.17) is 14.0 Å². The zero-order valence-corrected chi connectivity index (χ0v) is 21.6. The van der Waals surface area contributed by atoms with Crippen molar-refractivity contribution in [1.82, 2.24) is 20.8 Å². The monoisotopic (exact) mass is 556 g/mol. The molecule has 2 aliphatic heterocycles. The molecule has 0 aliphatic carbocycles. The first-order chi connectivity index (χ1) is 17.6. The van der Waals surface area contributed by atoms with Gasteiger partial charge in [-0.15, -0.1) is 4.28 Å². The van der Waals surface area contributed by atoms with E-state index in [0.717, 1.165) is 4.90 Å². The lowest BCUT2D eigenvalue weighted by atomic mass is 10.0. The summed E-state index contributed by atoms with van der Waals surface area (Å²) in [5, 5.41) is 0.514. The number of hydrogen-bond acceptors (Lipinski definition) is 10. The Balaban J connectivity index is 1.44. The molecule has 16 heteroatoms. The van der Waals surface area contributed by atoms with Gasteiger partial charge in [-0.2, -0.15) is 13.5 Å². The van der Waals surface area contributed by atoms with Crippen molar-refractivity contribution in [2.24, 2.45) is 0 Å². The van der Waals surface area contributed by atoms with E-state index >= 15 is 0 Å². The van der Waals surface area contributed by atoms with Gasteiger partial charge in [-0.1, -0.05) is 12.1 Å². The lowest BCUT2D eigenvalue weighted by Crippen LogP contribution is -2.54. The average Bonchev–Trinajstić information content (AvgIpc) is 3.01. The summed E-state index contributed by atoms with van der Waals surface area (Å²) >= 11 is 0. The number of hydrazine groups is 1. The van der Waals surface area contributed by atoms with Crippen LogP contribution in [0, 0.1) is 0 Å². The van der Waals surface area contributed by atoms with E-state index in [-0.39, 0.29) is 31.6 Å². The number of amides is 4. The molecule has 0 aromatic heterocycles. The van der Waals surface area contributed by atoms with Gasteiger partial charge >= 0.3 is 28.4 Å². The molecule has 0 radical (unpaired) electrons. The number of ether oxygens (including phenoxy) is 2. The van der Waals surface area contributed by atoms with Crippen LogP contribution in [0.2, 0.25) is 0 Å². The number of nitrogens with one attached hydrogen (secondary N) is 2. The topological polar surface area (TPSA) is 198 Å². The smallest absolute Gasteiger partial charge is 0.418 e. The van der Waals surface area contributed by atoms with Crippen LogP contribution in [-0.2, 0) is 45.0 Å². The molecule has 1 aromatic carbocycles. The van der Waals surface area contributed by atoms with E-state index in [1.807, 2.05) is 0 Å². The van der Waals surface area contributed by atoms with E-state index in [1.54, 1.807) is 20.8 Å². The molecule has 0 unspecified atom stereocenters. The van der Waals surface area contributed by atoms with Crippen LogP contribution >= 0.6 is 0 Å². The number of urea groups is 1. The molecule has 15 nitrogen and oxygen atoms in total. The molecule has 3 rings (SSSR count). The van der Waals surface area contributed by atoms with E-state index in [2.05, 4.69) is 15.1 Å². The molecule has 4 amide bonds. The molecule has 2 heterocycles. The molecule has 1 aromatic rings. The van der Waals surface area contributed by atoms with Crippen LogP contribution in [0.4, 0.5) is 4.79 Å². The number of carbonyl (C=O) groups excluding carboxylic acids is 5. The Morgan fingerprint density at radius 2 is 1.71 bits per heavy atom. The largest absolute Gasteiger partial charge is 0.460 e. The lowest BCUT2D eigenvalue weighted by molar-refractivity contribution is -0.158. The van der Waals surface area contributed by atoms with Gasteiger partial charge in [0, 0.05) is 6.54 Å². The van der Waals surface area contributed by atoms with Gasteiger partial charge in [0.1, 0.15) is 23.8 Å². The normalized spacial score (nSPS) is 19.1. The SMILES string of the molecule is CC(C)(C)OC(=O)CC(=O)Oc1ccc(CC(=O)NNC(=O)[C@@H]2CC[C@@H]3CN2C(=O)N3OS(=O)(=O)O)cc1. The highest BCUT2D eigenvalue weighted by Gasteiger charge is 2.49. The van der Waals surface area contributed by atoms with Crippen molar-refractivity contribution < 1.29 is 50.7 Å². The lowest BCUT2D eigenvalue weighted by Gasteiger charge is -2.29. The van der Waals surface area contributed by atoms with Crippen molar-refractivity contribution >= 4 is 40.2 Å².